The molecule has 2 unspecified atom stereocenters. The van der Waals surface area contributed by atoms with Crippen molar-refractivity contribution in [2.45, 2.75) is 44.7 Å². The highest BCUT2D eigenvalue weighted by atomic mass is 16.5. The first kappa shape index (κ1) is 14.4. The molecule has 2 rings (SSSR count). The standard InChI is InChI=1S/C16H26N2O/c1-3-11-18-12-7-6-9-14(17)16(18)13-8-4-5-10-15(13)19-2/h4-5,8,10,14,16H,3,6-7,9,11-12,17H2,1-2H3. The summed E-state index contributed by atoms with van der Waals surface area (Å²) in [6.07, 6.45) is 4.74. The van der Waals surface area contributed by atoms with Crippen molar-refractivity contribution in [1.29, 1.82) is 0 Å². The van der Waals surface area contributed by atoms with Crippen LogP contribution < -0.4 is 10.5 Å². The van der Waals surface area contributed by atoms with Gasteiger partial charge in [-0.3, -0.25) is 4.90 Å². The molecule has 1 aliphatic heterocycles. The summed E-state index contributed by atoms with van der Waals surface area (Å²) in [6, 6.07) is 8.80. The first-order valence-electron chi connectivity index (χ1n) is 7.40. The van der Waals surface area contributed by atoms with Gasteiger partial charge in [0, 0.05) is 11.6 Å². The van der Waals surface area contributed by atoms with E-state index in [4.69, 9.17) is 10.5 Å². The predicted octanol–water partition coefficient (Wildman–Crippen LogP) is 2.96. The molecule has 1 aromatic carbocycles. The molecule has 2 atom stereocenters. The summed E-state index contributed by atoms with van der Waals surface area (Å²) in [7, 11) is 1.74. The molecule has 1 saturated heterocycles. The number of para-hydroxylation sites is 1. The number of hydrogen-bond acceptors (Lipinski definition) is 3. The van der Waals surface area contributed by atoms with E-state index >= 15 is 0 Å². The van der Waals surface area contributed by atoms with Gasteiger partial charge in [0.1, 0.15) is 5.75 Å². The summed E-state index contributed by atoms with van der Waals surface area (Å²) >= 11 is 0. The fourth-order valence-corrected chi connectivity index (χ4v) is 3.14. The van der Waals surface area contributed by atoms with Gasteiger partial charge in [0.25, 0.3) is 0 Å². The maximum Gasteiger partial charge on any atom is 0.123 e. The van der Waals surface area contributed by atoms with Crippen LogP contribution >= 0.6 is 0 Å². The molecule has 0 radical (unpaired) electrons. The number of benzene rings is 1. The number of hydrogen-bond donors (Lipinski definition) is 1. The molecule has 1 aromatic rings. The van der Waals surface area contributed by atoms with Crippen LogP contribution in [0.1, 0.15) is 44.2 Å². The van der Waals surface area contributed by atoms with Gasteiger partial charge in [0.15, 0.2) is 0 Å². The summed E-state index contributed by atoms with van der Waals surface area (Å²) in [6.45, 7) is 4.48. The zero-order valence-corrected chi connectivity index (χ0v) is 12.1. The van der Waals surface area contributed by atoms with Gasteiger partial charge in [0.05, 0.1) is 13.2 Å². The third-order valence-electron chi connectivity index (χ3n) is 4.00. The van der Waals surface area contributed by atoms with E-state index in [1.807, 2.05) is 12.1 Å². The van der Waals surface area contributed by atoms with Crippen molar-refractivity contribution in [3.63, 3.8) is 0 Å². The highest BCUT2D eigenvalue weighted by Crippen LogP contribution is 2.34. The normalized spacial score (nSPS) is 25.0. The van der Waals surface area contributed by atoms with Crippen molar-refractivity contribution in [1.82, 2.24) is 4.90 Å². The lowest BCUT2D eigenvalue weighted by Crippen LogP contribution is -2.40. The van der Waals surface area contributed by atoms with Gasteiger partial charge in [-0.2, -0.15) is 0 Å². The van der Waals surface area contributed by atoms with Gasteiger partial charge in [-0.15, -0.1) is 0 Å². The van der Waals surface area contributed by atoms with Crippen molar-refractivity contribution < 1.29 is 4.74 Å². The maximum absolute atomic E-state index is 6.46. The second kappa shape index (κ2) is 6.92. The molecule has 1 aliphatic rings. The average Bonchev–Trinajstić information content (AvgIpc) is 2.61. The number of ether oxygens (including phenoxy) is 1. The Kier molecular flexibility index (Phi) is 5.23. The lowest BCUT2D eigenvalue weighted by molar-refractivity contribution is 0.182. The van der Waals surface area contributed by atoms with Gasteiger partial charge < -0.3 is 10.5 Å². The van der Waals surface area contributed by atoms with Gasteiger partial charge in [0.2, 0.25) is 0 Å². The Morgan fingerprint density at radius 1 is 1.32 bits per heavy atom. The summed E-state index contributed by atoms with van der Waals surface area (Å²) in [5.74, 6) is 0.964. The highest BCUT2D eigenvalue weighted by molar-refractivity contribution is 5.37. The molecule has 1 heterocycles. The molecule has 2 N–H and O–H groups in total. The molecule has 3 heteroatoms. The molecule has 106 valence electrons. The van der Waals surface area contributed by atoms with Crippen LogP contribution in [0.25, 0.3) is 0 Å². The molecule has 3 nitrogen and oxygen atoms in total. The van der Waals surface area contributed by atoms with Crippen molar-refractivity contribution >= 4 is 0 Å². The number of likely N-dealkylation sites (tertiary alicyclic amines) is 1. The van der Waals surface area contributed by atoms with Gasteiger partial charge in [-0.1, -0.05) is 31.5 Å². The molecular weight excluding hydrogens is 236 g/mol. The summed E-state index contributed by atoms with van der Waals surface area (Å²) < 4.78 is 5.53. The van der Waals surface area contributed by atoms with E-state index in [1.165, 1.54) is 24.8 Å². The second-order valence-corrected chi connectivity index (χ2v) is 5.38. The lowest BCUT2D eigenvalue weighted by Gasteiger charge is -2.34. The smallest absolute Gasteiger partial charge is 0.123 e. The summed E-state index contributed by atoms with van der Waals surface area (Å²) in [5, 5.41) is 0. The van der Waals surface area contributed by atoms with Crippen molar-refractivity contribution in [3.8, 4) is 5.75 Å². The lowest BCUT2D eigenvalue weighted by atomic mass is 9.95. The third kappa shape index (κ3) is 3.28. The Bertz CT molecular complexity index is 394. The first-order chi connectivity index (χ1) is 9.27. The predicted molar refractivity (Wildman–Crippen MR) is 79.4 cm³/mol. The Morgan fingerprint density at radius 3 is 2.84 bits per heavy atom. The third-order valence-corrected chi connectivity index (χ3v) is 4.00. The van der Waals surface area contributed by atoms with Crippen LogP contribution in [0, 0.1) is 0 Å². The van der Waals surface area contributed by atoms with E-state index in [0.717, 1.165) is 25.3 Å². The van der Waals surface area contributed by atoms with E-state index in [2.05, 4.69) is 24.0 Å². The quantitative estimate of drug-likeness (QED) is 0.906. The minimum Gasteiger partial charge on any atom is -0.496 e. The molecule has 0 amide bonds. The monoisotopic (exact) mass is 262 g/mol. The summed E-state index contributed by atoms with van der Waals surface area (Å²) in [5.41, 5.74) is 7.70. The Hall–Kier alpha value is -1.06. The number of rotatable bonds is 4. The first-order valence-corrected chi connectivity index (χ1v) is 7.40. The van der Waals surface area contributed by atoms with Gasteiger partial charge >= 0.3 is 0 Å². The Morgan fingerprint density at radius 2 is 2.11 bits per heavy atom. The van der Waals surface area contributed by atoms with Crippen LogP contribution in [0.5, 0.6) is 5.75 Å². The molecule has 0 bridgehead atoms. The van der Waals surface area contributed by atoms with Crippen LogP contribution in [0.2, 0.25) is 0 Å². The van der Waals surface area contributed by atoms with E-state index in [-0.39, 0.29) is 6.04 Å². The highest BCUT2D eigenvalue weighted by Gasteiger charge is 2.30. The van der Waals surface area contributed by atoms with E-state index in [9.17, 15) is 0 Å². The zero-order chi connectivity index (χ0) is 13.7. The molecule has 0 aliphatic carbocycles. The molecule has 0 spiro atoms. The molecule has 19 heavy (non-hydrogen) atoms. The van der Waals surface area contributed by atoms with Crippen molar-refractivity contribution in [3.05, 3.63) is 29.8 Å². The number of nitrogens with zero attached hydrogens (tertiary/aromatic N) is 1. The molecule has 0 aromatic heterocycles. The largest absolute Gasteiger partial charge is 0.496 e. The van der Waals surface area contributed by atoms with Crippen molar-refractivity contribution in [2.75, 3.05) is 20.2 Å². The van der Waals surface area contributed by atoms with Crippen LogP contribution in [0.3, 0.4) is 0 Å². The van der Waals surface area contributed by atoms with E-state index < -0.39 is 0 Å². The van der Waals surface area contributed by atoms with Crippen molar-refractivity contribution in [2.24, 2.45) is 5.73 Å². The van der Waals surface area contributed by atoms with Crippen LogP contribution in [-0.2, 0) is 0 Å². The minimum absolute atomic E-state index is 0.199. The Balaban J connectivity index is 2.34. The maximum atomic E-state index is 6.46. The fraction of sp³-hybridized carbons (Fsp3) is 0.625. The molecule has 0 saturated carbocycles. The minimum atomic E-state index is 0.199. The molecular formula is C16H26N2O. The topological polar surface area (TPSA) is 38.5 Å². The van der Waals surface area contributed by atoms with E-state index in [0.29, 0.717) is 6.04 Å². The Labute approximate surface area is 116 Å². The second-order valence-electron chi connectivity index (χ2n) is 5.38. The zero-order valence-electron chi connectivity index (χ0n) is 12.1. The summed E-state index contributed by atoms with van der Waals surface area (Å²) in [4.78, 5) is 2.54. The van der Waals surface area contributed by atoms with Crippen LogP contribution in [0.15, 0.2) is 24.3 Å². The van der Waals surface area contributed by atoms with Crippen LogP contribution in [0.4, 0.5) is 0 Å². The number of nitrogens with two attached hydrogens (primary N) is 1. The van der Waals surface area contributed by atoms with Gasteiger partial charge in [-0.05, 0) is 38.4 Å². The molecule has 1 fully saturated rings. The van der Waals surface area contributed by atoms with Gasteiger partial charge in [-0.25, -0.2) is 0 Å². The fourth-order valence-electron chi connectivity index (χ4n) is 3.14. The number of methoxy groups -OCH3 is 1. The average molecular weight is 262 g/mol. The van der Waals surface area contributed by atoms with E-state index in [1.54, 1.807) is 7.11 Å². The van der Waals surface area contributed by atoms with Crippen LogP contribution in [-0.4, -0.2) is 31.1 Å². The SMILES string of the molecule is CCCN1CCCCC(N)C1c1ccccc1OC.